The molecule has 5 heteroatoms. The third-order valence-electron chi connectivity index (χ3n) is 8.96. The van der Waals surface area contributed by atoms with Crippen molar-refractivity contribution in [3.63, 3.8) is 0 Å². The van der Waals surface area contributed by atoms with Crippen LogP contribution in [0.2, 0.25) is 0 Å². The van der Waals surface area contributed by atoms with Gasteiger partial charge in [-0.15, -0.1) is 0 Å². The van der Waals surface area contributed by atoms with Crippen molar-refractivity contribution in [2.45, 2.75) is 64.5 Å². The van der Waals surface area contributed by atoms with Crippen molar-refractivity contribution < 1.29 is 4.79 Å². The van der Waals surface area contributed by atoms with Crippen LogP contribution in [0.15, 0.2) is 79.1 Å². The lowest BCUT2D eigenvalue weighted by Gasteiger charge is -2.33. The maximum Gasteiger partial charge on any atom is 0.251 e. The third kappa shape index (κ3) is 9.00. The molecule has 2 aromatic carbocycles. The van der Waals surface area contributed by atoms with E-state index in [0.29, 0.717) is 6.54 Å². The lowest BCUT2D eigenvalue weighted by molar-refractivity contribution is 0.0954. The van der Waals surface area contributed by atoms with Crippen LogP contribution in [0.3, 0.4) is 0 Å². The Bertz CT molecular complexity index is 1140. The molecule has 3 aromatic rings. The number of rotatable bonds is 12. The Balaban J connectivity index is 0.931. The highest BCUT2D eigenvalue weighted by Gasteiger charge is 2.22. The molecule has 0 saturated carbocycles. The Morgan fingerprint density at radius 2 is 1.25 bits per heavy atom. The van der Waals surface area contributed by atoms with Crippen molar-refractivity contribution in [3.05, 3.63) is 101 Å². The zero-order valence-corrected chi connectivity index (χ0v) is 24.0. The first-order valence-electron chi connectivity index (χ1n) is 15.5. The first kappa shape index (κ1) is 28.5. The average Bonchev–Trinajstić information content (AvgIpc) is 3.00. The standard InChI is InChI=1S/C35H46N4O/c40-35(37-22-15-29-5-2-1-3-6-29)34-11-9-32(10-12-34)27-38-23-16-30(17-24-38)7-4-8-31-18-25-39(26-19-31)28-33-13-20-36-21-14-33/h1-3,5-6,9-14,20-21,30-31H,4,7-8,15-19,22-28H2,(H,37,40). The van der Waals surface area contributed by atoms with E-state index >= 15 is 0 Å². The number of carbonyl (C=O) groups is 1. The summed E-state index contributed by atoms with van der Waals surface area (Å²) in [7, 11) is 0. The molecule has 0 bridgehead atoms. The lowest BCUT2D eigenvalue weighted by atomic mass is 9.86. The van der Waals surface area contributed by atoms with Gasteiger partial charge in [-0.25, -0.2) is 0 Å². The van der Waals surface area contributed by atoms with Gasteiger partial charge in [0.1, 0.15) is 0 Å². The minimum Gasteiger partial charge on any atom is -0.352 e. The molecule has 3 heterocycles. The average molecular weight is 539 g/mol. The summed E-state index contributed by atoms with van der Waals surface area (Å²) >= 11 is 0. The van der Waals surface area contributed by atoms with Gasteiger partial charge in [0.25, 0.3) is 5.91 Å². The summed E-state index contributed by atoms with van der Waals surface area (Å²) in [6, 6.07) is 22.8. The minimum absolute atomic E-state index is 0.0128. The summed E-state index contributed by atoms with van der Waals surface area (Å²) in [5, 5.41) is 3.05. The molecule has 1 N–H and O–H groups in total. The fourth-order valence-electron chi connectivity index (χ4n) is 6.39. The van der Waals surface area contributed by atoms with Crippen LogP contribution < -0.4 is 5.32 Å². The van der Waals surface area contributed by atoms with Crippen molar-refractivity contribution in [1.29, 1.82) is 0 Å². The van der Waals surface area contributed by atoms with Gasteiger partial charge in [-0.05, 0) is 111 Å². The molecule has 0 spiro atoms. The normalized spacial score (nSPS) is 17.6. The number of piperidine rings is 2. The van der Waals surface area contributed by atoms with Gasteiger partial charge in [0, 0.05) is 37.6 Å². The Labute approximate surface area is 241 Å². The lowest BCUT2D eigenvalue weighted by Crippen LogP contribution is -2.34. The highest BCUT2D eigenvalue weighted by molar-refractivity contribution is 5.94. The molecule has 40 heavy (non-hydrogen) atoms. The maximum absolute atomic E-state index is 12.5. The van der Waals surface area contributed by atoms with Crippen LogP contribution in [0.5, 0.6) is 0 Å². The number of pyridine rings is 1. The third-order valence-corrected chi connectivity index (χ3v) is 8.96. The summed E-state index contributed by atoms with van der Waals surface area (Å²) in [5.41, 5.74) is 4.68. The molecule has 0 aliphatic carbocycles. The molecule has 0 unspecified atom stereocenters. The van der Waals surface area contributed by atoms with Gasteiger partial charge in [0.05, 0.1) is 0 Å². The Morgan fingerprint density at radius 1 is 0.700 bits per heavy atom. The van der Waals surface area contributed by atoms with Crippen LogP contribution in [0.4, 0.5) is 0 Å². The quantitative estimate of drug-likeness (QED) is 0.292. The van der Waals surface area contributed by atoms with Crippen molar-refractivity contribution in [2.75, 3.05) is 32.7 Å². The molecule has 5 nitrogen and oxygen atoms in total. The topological polar surface area (TPSA) is 48.5 Å². The number of likely N-dealkylation sites (tertiary alicyclic amines) is 2. The molecule has 5 rings (SSSR count). The van der Waals surface area contributed by atoms with Crippen molar-refractivity contribution in [3.8, 4) is 0 Å². The first-order valence-corrected chi connectivity index (χ1v) is 15.5. The summed E-state index contributed by atoms with van der Waals surface area (Å²) in [6.45, 7) is 7.59. The summed E-state index contributed by atoms with van der Waals surface area (Å²) in [6.07, 6.45) is 14.2. The molecular weight excluding hydrogens is 492 g/mol. The van der Waals surface area contributed by atoms with Crippen LogP contribution in [-0.4, -0.2) is 53.4 Å². The van der Waals surface area contributed by atoms with Crippen LogP contribution in [-0.2, 0) is 19.5 Å². The number of nitrogens with zero attached hydrogens (tertiary/aromatic N) is 3. The molecule has 212 valence electrons. The molecule has 2 aliphatic heterocycles. The monoisotopic (exact) mass is 538 g/mol. The maximum atomic E-state index is 12.5. The predicted molar refractivity (Wildman–Crippen MR) is 163 cm³/mol. The van der Waals surface area contributed by atoms with Gasteiger partial charge in [0.15, 0.2) is 0 Å². The number of amides is 1. The second-order valence-corrected chi connectivity index (χ2v) is 11.9. The highest BCUT2D eigenvalue weighted by atomic mass is 16.1. The van der Waals surface area contributed by atoms with E-state index in [0.717, 1.165) is 36.9 Å². The van der Waals surface area contributed by atoms with Crippen LogP contribution in [0, 0.1) is 11.8 Å². The molecule has 2 saturated heterocycles. The largest absolute Gasteiger partial charge is 0.352 e. The fraction of sp³-hybridized carbons (Fsp3) is 0.486. The van der Waals surface area contributed by atoms with E-state index < -0.39 is 0 Å². The fourth-order valence-corrected chi connectivity index (χ4v) is 6.39. The van der Waals surface area contributed by atoms with E-state index in [2.05, 4.69) is 56.5 Å². The van der Waals surface area contributed by atoms with E-state index in [-0.39, 0.29) is 5.91 Å². The molecule has 2 aliphatic rings. The summed E-state index contributed by atoms with van der Waals surface area (Å²) < 4.78 is 0. The Hall–Kier alpha value is -3.02. The van der Waals surface area contributed by atoms with E-state index in [9.17, 15) is 4.79 Å². The smallest absolute Gasteiger partial charge is 0.251 e. The van der Waals surface area contributed by atoms with E-state index in [4.69, 9.17) is 0 Å². The van der Waals surface area contributed by atoms with Gasteiger partial charge in [-0.2, -0.15) is 0 Å². The van der Waals surface area contributed by atoms with Crippen molar-refractivity contribution in [2.24, 2.45) is 11.8 Å². The number of aromatic nitrogens is 1. The SMILES string of the molecule is O=C(NCCc1ccccc1)c1ccc(CN2CCC(CCCC3CCN(Cc4ccncc4)CC3)CC2)cc1. The van der Waals surface area contributed by atoms with Gasteiger partial charge in [-0.3, -0.25) is 19.6 Å². The molecular formula is C35H46N4O. The molecule has 2 fully saturated rings. The van der Waals surface area contributed by atoms with E-state index in [1.54, 1.807) is 0 Å². The number of hydrogen-bond donors (Lipinski definition) is 1. The number of nitrogens with one attached hydrogen (secondary N) is 1. The number of hydrogen-bond acceptors (Lipinski definition) is 4. The summed E-state index contributed by atoms with van der Waals surface area (Å²) in [4.78, 5) is 21.8. The second-order valence-electron chi connectivity index (χ2n) is 11.9. The van der Waals surface area contributed by atoms with Crippen LogP contribution in [0.25, 0.3) is 0 Å². The van der Waals surface area contributed by atoms with Crippen LogP contribution in [0.1, 0.15) is 72.0 Å². The zero-order chi connectivity index (χ0) is 27.4. The van der Waals surface area contributed by atoms with Gasteiger partial charge >= 0.3 is 0 Å². The molecule has 0 atom stereocenters. The number of benzene rings is 2. The molecule has 0 radical (unpaired) electrons. The summed E-state index contributed by atoms with van der Waals surface area (Å²) in [5.74, 6) is 1.83. The van der Waals surface area contributed by atoms with E-state index in [1.807, 2.05) is 42.7 Å². The molecule has 1 amide bonds. The second kappa shape index (κ2) is 15.1. The van der Waals surface area contributed by atoms with Gasteiger partial charge < -0.3 is 5.32 Å². The molecule has 1 aromatic heterocycles. The first-order chi connectivity index (χ1) is 19.7. The van der Waals surface area contributed by atoms with Crippen molar-refractivity contribution in [1.82, 2.24) is 20.1 Å². The minimum atomic E-state index is 0.0128. The van der Waals surface area contributed by atoms with Gasteiger partial charge in [0.2, 0.25) is 0 Å². The number of carbonyl (C=O) groups excluding carboxylic acids is 1. The highest BCUT2D eigenvalue weighted by Crippen LogP contribution is 2.28. The van der Waals surface area contributed by atoms with Crippen LogP contribution >= 0.6 is 0 Å². The van der Waals surface area contributed by atoms with Gasteiger partial charge in [-0.1, -0.05) is 61.7 Å². The zero-order valence-electron chi connectivity index (χ0n) is 24.0. The van der Waals surface area contributed by atoms with Crippen molar-refractivity contribution >= 4 is 5.91 Å². The Morgan fingerprint density at radius 3 is 1.82 bits per heavy atom. The predicted octanol–water partition coefficient (Wildman–Crippen LogP) is 6.35. The Kier molecular flexibility index (Phi) is 10.8. The van der Waals surface area contributed by atoms with E-state index in [1.165, 1.54) is 87.8 Å².